The molecule has 0 saturated heterocycles. The van der Waals surface area contributed by atoms with Crippen molar-refractivity contribution in [1.82, 2.24) is 30.8 Å². The number of rotatable bonds is 27. The van der Waals surface area contributed by atoms with Gasteiger partial charge in [0.15, 0.2) is 28.4 Å². The van der Waals surface area contributed by atoms with Crippen LogP contribution in [0.4, 0.5) is 11.6 Å². The average Bonchev–Trinajstić information content (AvgIpc) is 3.25. The van der Waals surface area contributed by atoms with Crippen LogP contribution in [-0.2, 0) is 17.6 Å². The fourth-order valence-electron chi connectivity index (χ4n) is 6.97. The highest BCUT2D eigenvalue weighted by Crippen LogP contribution is 2.26. The standard InChI is InChI=1S/C40H63ClN10O12/c1-40(63,33(60)32(59)28(56)19-53)20-51(17-26(54)30(57)31(58)27(55)18-52)16-6-15-46-25(37(44)61)13-12-22-11-10-21(23-8-2-3-9-24(22)23)7-4-5-14-47-39(45)50-38(62)29-35(42)49-36(43)34(41)48-29/h2-3,8-11,25-28,30-33,46,52-60,63H,4-7,12-20H2,1H3,(H2,44,61)(H4,42,43,49)(H3,45,47,50,62)/t25-,26-,27+,28+,30+,31+,32+,33-,40+/m0/s1. The highest BCUT2D eigenvalue weighted by molar-refractivity contribution is 6.31. The quantitative estimate of drug-likeness (QED) is 0.0197. The summed E-state index contributed by atoms with van der Waals surface area (Å²) in [6.45, 7) is -0.889. The largest absolute Gasteiger partial charge is 0.394 e. The molecule has 0 unspecified atom stereocenters. The summed E-state index contributed by atoms with van der Waals surface area (Å²) in [5, 5.41) is 119. The Hall–Kier alpha value is -4.40. The highest BCUT2D eigenvalue weighted by Gasteiger charge is 2.41. The van der Waals surface area contributed by atoms with Gasteiger partial charge < -0.3 is 78.9 Å². The van der Waals surface area contributed by atoms with Crippen molar-refractivity contribution >= 4 is 51.8 Å². The van der Waals surface area contributed by atoms with Gasteiger partial charge in [0.05, 0.1) is 25.4 Å². The van der Waals surface area contributed by atoms with Crippen LogP contribution in [0, 0.1) is 5.41 Å². The number of benzene rings is 2. The Kier molecular flexibility index (Phi) is 21.2. The van der Waals surface area contributed by atoms with E-state index in [2.05, 4.69) is 25.9 Å². The van der Waals surface area contributed by atoms with Gasteiger partial charge in [-0.3, -0.25) is 25.2 Å². The molecule has 2 amide bonds. The Bertz CT molecular complexity index is 1950. The molecular formula is C40H63ClN10O12. The number of halogens is 1. The van der Waals surface area contributed by atoms with Crippen LogP contribution in [0.25, 0.3) is 10.8 Å². The number of guanidine groups is 1. The lowest BCUT2D eigenvalue weighted by Crippen LogP contribution is -2.58. The van der Waals surface area contributed by atoms with Crippen molar-refractivity contribution in [2.75, 3.05) is 57.4 Å². The van der Waals surface area contributed by atoms with E-state index in [-0.39, 0.29) is 48.0 Å². The summed E-state index contributed by atoms with van der Waals surface area (Å²) in [7, 11) is 0. The summed E-state index contributed by atoms with van der Waals surface area (Å²) in [4.78, 5) is 34.0. The number of aryl methyl sites for hydroxylation is 2. The molecule has 20 N–H and O–H groups in total. The number of anilines is 2. The van der Waals surface area contributed by atoms with Crippen molar-refractivity contribution in [3.63, 3.8) is 0 Å². The van der Waals surface area contributed by atoms with E-state index in [0.29, 0.717) is 25.8 Å². The molecule has 352 valence electrons. The molecule has 0 aliphatic heterocycles. The van der Waals surface area contributed by atoms with Crippen LogP contribution >= 0.6 is 11.6 Å². The fraction of sp³-hybridized carbons (Fsp3) is 0.575. The number of nitrogens with one attached hydrogen (secondary N) is 4. The van der Waals surface area contributed by atoms with E-state index >= 15 is 0 Å². The number of amides is 2. The van der Waals surface area contributed by atoms with E-state index in [4.69, 9.17) is 39.3 Å². The molecule has 22 nitrogen and oxygen atoms in total. The number of carbonyl (C=O) groups is 2. The van der Waals surface area contributed by atoms with Gasteiger partial charge in [0.2, 0.25) is 5.91 Å². The number of nitrogens with two attached hydrogens (primary N) is 3. The van der Waals surface area contributed by atoms with E-state index in [1.54, 1.807) is 0 Å². The Labute approximate surface area is 369 Å². The minimum Gasteiger partial charge on any atom is -0.394 e. The maximum atomic E-state index is 12.6. The van der Waals surface area contributed by atoms with Crippen LogP contribution in [0.15, 0.2) is 36.4 Å². The molecule has 0 aliphatic carbocycles. The summed E-state index contributed by atoms with van der Waals surface area (Å²) < 4.78 is 0. The molecule has 1 heterocycles. The van der Waals surface area contributed by atoms with Gasteiger partial charge in [0, 0.05) is 19.6 Å². The molecule has 1 aromatic heterocycles. The van der Waals surface area contributed by atoms with Crippen molar-refractivity contribution < 1.29 is 60.7 Å². The van der Waals surface area contributed by atoms with Crippen LogP contribution in [0.1, 0.15) is 54.2 Å². The van der Waals surface area contributed by atoms with E-state index in [0.717, 1.165) is 41.7 Å². The number of fused-ring (bicyclic) bond motifs is 1. The predicted octanol–water partition coefficient (Wildman–Crippen LogP) is -3.95. The van der Waals surface area contributed by atoms with Crippen molar-refractivity contribution in [2.24, 2.45) is 5.73 Å². The Morgan fingerprint density at radius 1 is 0.825 bits per heavy atom. The van der Waals surface area contributed by atoms with Gasteiger partial charge >= 0.3 is 0 Å². The zero-order valence-corrected chi connectivity index (χ0v) is 35.8. The van der Waals surface area contributed by atoms with Crippen LogP contribution in [0.5, 0.6) is 0 Å². The molecule has 63 heavy (non-hydrogen) atoms. The number of aliphatic hydroxyl groups is 10. The van der Waals surface area contributed by atoms with Crippen molar-refractivity contribution in [3.8, 4) is 0 Å². The zero-order valence-electron chi connectivity index (χ0n) is 35.0. The minimum atomic E-state index is -2.14. The summed E-state index contributed by atoms with van der Waals surface area (Å²) in [6, 6.07) is 11.1. The first-order valence-electron chi connectivity index (χ1n) is 20.4. The summed E-state index contributed by atoms with van der Waals surface area (Å²) in [5.41, 5.74) is 16.7. The fourth-order valence-corrected chi connectivity index (χ4v) is 7.09. The van der Waals surface area contributed by atoms with Gasteiger partial charge in [-0.05, 0) is 80.4 Å². The second kappa shape index (κ2) is 25.2. The van der Waals surface area contributed by atoms with Crippen molar-refractivity contribution in [3.05, 3.63) is 58.4 Å². The minimum absolute atomic E-state index is 0.0507. The SMILES string of the molecule is C[C@@](O)(CN(CCCN[C@@H](CCc1ccc(CCCCNC(=N)NC(=O)c2nc(Cl)c(N)nc2N)c2ccccc12)C(N)=O)C[C@H](O)[C@@H](O)[C@H](O)[C@H](O)CO)[C@@H](O)[C@H](O)[C@H](O)CO. The summed E-state index contributed by atoms with van der Waals surface area (Å²) in [5.74, 6) is -1.95. The van der Waals surface area contributed by atoms with Crippen LogP contribution in [0.2, 0.25) is 5.15 Å². The van der Waals surface area contributed by atoms with Gasteiger partial charge in [-0.1, -0.05) is 48.0 Å². The van der Waals surface area contributed by atoms with E-state index in [9.17, 15) is 55.5 Å². The number of unbranched alkanes of at least 4 members (excludes halogenated alkanes) is 1. The highest BCUT2D eigenvalue weighted by atomic mass is 35.5. The van der Waals surface area contributed by atoms with Crippen molar-refractivity contribution in [1.29, 1.82) is 5.41 Å². The topological polar surface area (TPSA) is 403 Å². The molecule has 2 aromatic carbocycles. The molecule has 0 saturated carbocycles. The number of nitrogens with zero attached hydrogens (tertiary/aromatic N) is 3. The Balaban J connectivity index is 1.57. The summed E-state index contributed by atoms with van der Waals surface area (Å²) in [6.07, 6.45) is -9.80. The monoisotopic (exact) mass is 910 g/mol. The Morgan fingerprint density at radius 2 is 1.41 bits per heavy atom. The Morgan fingerprint density at radius 3 is 2.02 bits per heavy atom. The molecule has 0 fully saturated rings. The third-order valence-electron chi connectivity index (χ3n) is 10.6. The molecule has 0 bridgehead atoms. The van der Waals surface area contributed by atoms with E-state index in [1.165, 1.54) is 4.90 Å². The number of aromatic nitrogens is 2. The molecule has 3 aromatic rings. The first kappa shape index (κ1) is 52.9. The molecule has 0 spiro atoms. The second-order valence-corrected chi connectivity index (χ2v) is 16.0. The lowest BCUT2D eigenvalue weighted by atomic mass is 9.91. The first-order chi connectivity index (χ1) is 29.7. The number of nitrogen functional groups attached to an aromatic ring is 2. The number of aliphatic hydroxyl groups excluding tert-OH is 9. The van der Waals surface area contributed by atoms with Gasteiger partial charge in [0.25, 0.3) is 5.91 Å². The molecular weight excluding hydrogens is 848 g/mol. The van der Waals surface area contributed by atoms with Gasteiger partial charge in [-0.25, -0.2) is 9.97 Å². The zero-order chi connectivity index (χ0) is 47.0. The second-order valence-electron chi connectivity index (χ2n) is 15.7. The van der Waals surface area contributed by atoms with Gasteiger partial charge in [0.1, 0.15) is 42.2 Å². The lowest BCUT2D eigenvalue weighted by Gasteiger charge is -2.39. The average molecular weight is 911 g/mol. The smallest absolute Gasteiger partial charge is 0.280 e. The van der Waals surface area contributed by atoms with Crippen LogP contribution in [-0.4, -0.2) is 184 Å². The van der Waals surface area contributed by atoms with E-state index < -0.39 is 92.5 Å². The summed E-state index contributed by atoms with van der Waals surface area (Å²) >= 11 is 5.84. The van der Waals surface area contributed by atoms with E-state index in [1.807, 2.05) is 36.4 Å². The number of carbonyl (C=O) groups excluding carboxylic acids is 2. The number of hydrogen-bond acceptors (Lipinski definition) is 19. The lowest BCUT2D eigenvalue weighted by molar-refractivity contribution is -0.162. The maximum absolute atomic E-state index is 12.6. The van der Waals surface area contributed by atoms with Gasteiger partial charge in [-0.2, -0.15) is 0 Å². The molecule has 0 aliphatic rings. The number of primary amides is 1. The van der Waals surface area contributed by atoms with Crippen molar-refractivity contribution in [2.45, 2.75) is 99.8 Å². The normalized spacial score (nSPS) is 16.7. The predicted molar refractivity (Wildman–Crippen MR) is 233 cm³/mol. The maximum Gasteiger partial charge on any atom is 0.280 e. The number of hydrogen-bond donors (Lipinski definition) is 17. The van der Waals surface area contributed by atoms with Gasteiger partial charge in [-0.15, -0.1) is 0 Å². The molecule has 3 rings (SSSR count). The van der Waals surface area contributed by atoms with Crippen LogP contribution in [0.3, 0.4) is 0 Å². The first-order valence-corrected chi connectivity index (χ1v) is 20.8. The molecule has 0 radical (unpaired) electrons. The molecule has 9 atom stereocenters. The molecule has 23 heteroatoms. The third kappa shape index (κ3) is 15.7. The third-order valence-corrected chi connectivity index (χ3v) is 10.9. The van der Waals surface area contributed by atoms with Crippen LogP contribution < -0.4 is 33.2 Å².